The number of H-pyrrole nitrogens is 1. The van der Waals surface area contributed by atoms with E-state index in [0.717, 1.165) is 16.7 Å². The predicted molar refractivity (Wildman–Crippen MR) is 97.1 cm³/mol. The molecule has 1 aromatic heterocycles. The number of anilines is 1. The molecule has 3 N–H and O–H groups in total. The molecule has 0 unspecified atom stereocenters. The van der Waals surface area contributed by atoms with Crippen molar-refractivity contribution in [1.29, 1.82) is 0 Å². The standard InChI is InChI=1S/C18H17N5O3/c1-25-14-7-11-8-16-20-21-18(24)23(16)22-17(13(11)9-15(14)26-2)10-4-3-5-12(19)6-10/h3-7,9H,8,19H2,1-2H3,(H,21,24). The molecule has 0 saturated heterocycles. The Morgan fingerprint density at radius 2 is 1.92 bits per heavy atom. The van der Waals surface area contributed by atoms with Gasteiger partial charge in [0.25, 0.3) is 0 Å². The molecule has 132 valence electrons. The molecule has 0 aliphatic carbocycles. The molecule has 0 fully saturated rings. The number of ether oxygens (including phenoxy) is 2. The Balaban J connectivity index is 2.03. The van der Waals surface area contributed by atoms with E-state index in [9.17, 15) is 4.79 Å². The summed E-state index contributed by atoms with van der Waals surface area (Å²) >= 11 is 0. The fourth-order valence-electron chi connectivity index (χ4n) is 3.05. The van der Waals surface area contributed by atoms with E-state index >= 15 is 0 Å². The highest BCUT2D eigenvalue weighted by Gasteiger charge is 2.23. The minimum Gasteiger partial charge on any atom is -0.493 e. The molecule has 4 rings (SSSR count). The van der Waals surface area contributed by atoms with Crippen molar-refractivity contribution in [3.05, 3.63) is 69.4 Å². The number of aromatic amines is 1. The number of fused-ring (bicyclic) bond motifs is 2. The van der Waals surface area contributed by atoms with Crippen molar-refractivity contribution in [2.24, 2.45) is 5.10 Å². The van der Waals surface area contributed by atoms with Crippen LogP contribution in [-0.2, 0) is 6.42 Å². The van der Waals surface area contributed by atoms with Crippen LogP contribution in [0.5, 0.6) is 11.5 Å². The normalized spacial score (nSPS) is 12.6. The Morgan fingerprint density at radius 3 is 2.65 bits per heavy atom. The third kappa shape index (κ3) is 2.52. The van der Waals surface area contributed by atoms with E-state index in [-0.39, 0.29) is 0 Å². The third-order valence-electron chi connectivity index (χ3n) is 4.29. The van der Waals surface area contributed by atoms with Crippen molar-refractivity contribution in [3.63, 3.8) is 0 Å². The molecule has 0 saturated carbocycles. The van der Waals surface area contributed by atoms with Gasteiger partial charge in [0, 0.05) is 23.2 Å². The highest BCUT2D eigenvalue weighted by Crippen LogP contribution is 2.34. The molecule has 0 spiro atoms. The molecule has 0 bridgehead atoms. The number of nitrogens with two attached hydrogens (primary N) is 1. The van der Waals surface area contributed by atoms with Crippen LogP contribution in [0.2, 0.25) is 0 Å². The molecule has 3 aromatic rings. The number of nitrogens with one attached hydrogen (secondary N) is 1. The summed E-state index contributed by atoms with van der Waals surface area (Å²) in [5.74, 6) is 1.70. The minimum absolute atomic E-state index is 0.395. The number of nitrogen functional groups attached to an aromatic ring is 1. The minimum atomic E-state index is -0.395. The van der Waals surface area contributed by atoms with Gasteiger partial charge < -0.3 is 15.2 Å². The Labute approximate surface area is 148 Å². The number of aromatic nitrogens is 3. The SMILES string of the molecule is COc1cc2c(cc1OC)C(c1cccc(N)c1)=Nn1c(n[nH]c1=O)C2. The molecule has 1 aliphatic rings. The van der Waals surface area contributed by atoms with Crippen LogP contribution >= 0.6 is 0 Å². The molecule has 8 nitrogen and oxygen atoms in total. The number of nitrogens with zero attached hydrogens (tertiary/aromatic N) is 3. The van der Waals surface area contributed by atoms with Crippen LogP contribution in [0, 0.1) is 0 Å². The molecule has 0 atom stereocenters. The molecule has 2 heterocycles. The second kappa shape index (κ2) is 6.07. The lowest BCUT2D eigenvalue weighted by Gasteiger charge is -2.14. The first kappa shape index (κ1) is 15.9. The topological polar surface area (TPSA) is 108 Å². The van der Waals surface area contributed by atoms with Gasteiger partial charge in [0.2, 0.25) is 0 Å². The first-order valence-electron chi connectivity index (χ1n) is 7.97. The van der Waals surface area contributed by atoms with Crippen LogP contribution in [0.25, 0.3) is 0 Å². The maximum absolute atomic E-state index is 12.1. The second-order valence-corrected chi connectivity index (χ2v) is 5.87. The zero-order valence-corrected chi connectivity index (χ0v) is 14.3. The Bertz CT molecular complexity index is 1080. The second-order valence-electron chi connectivity index (χ2n) is 5.87. The van der Waals surface area contributed by atoms with Crippen LogP contribution in [0.15, 0.2) is 46.3 Å². The molecule has 1 aliphatic heterocycles. The third-order valence-corrected chi connectivity index (χ3v) is 4.29. The van der Waals surface area contributed by atoms with Gasteiger partial charge in [0.15, 0.2) is 17.3 Å². The van der Waals surface area contributed by atoms with Crippen LogP contribution < -0.4 is 20.9 Å². The summed E-state index contributed by atoms with van der Waals surface area (Å²) in [5.41, 5.74) is 9.30. The average molecular weight is 351 g/mol. The summed E-state index contributed by atoms with van der Waals surface area (Å²) < 4.78 is 12.1. The summed E-state index contributed by atoms with van der Waals surface area (Å²) in [6, 6.07) is 11.1. The first-order valence-corrected chi connectivity index (χ1v) is 7.97. The highest BCUT2D eigenvalue weighted by atomic mass is 16.5. The number of methoxy groups -OCH3 is 2. The molecule has 26 heavy (non-hydrogen) atoms. The highest BCUT2D eigenvalue weighted by molar-refractivity contribution is 6.14. The van der Waals surface area contributed by atoms with Gasteiger partial charge in [-0.15, -0.1) is 0 Å². The number of hydrogen-bond acceptors (Lipinski definition) is 6. The van der Waals surface area contributed by atoms with E-state index in [1.807, 2.05) is 30.3 Å². The molecular formula is C18H17N5O3. The van der Waals surface area contributed by atoms with Gasteiger partial charge in [-0.2, -0.15) is 14.9 Å². The summed E-state index contributed by atoms with van der Waals surface area (Å²) in [6.07, 6.45) is 0.420. The van der Waals surface area contributed by atoms with Crippen molar-refractivity contribution in [1.82, 2.24) is 14.9 Å². The van der Waals surface area contributed by atoms with Crippen LogP contribution in [0.4, 0.5) is 5.69 Å². The largest absolute Gasteiger partial charge is 0.493 e. The molecule has 0 amide bonds. The van der Waals surface area contributed by atoms with E-state index in [2.05, 4.69) is 15.3 Å². The van der Waals surface area contributed by atoms with E-state index < -0.39 is 5.69 Å². The number of benzene rings is 2. The number of hydrogen-bond donors (Lipinski definition) is 2. The Hall–Kier alpha value is -3.55. The van der Waals surface area contributed by atoms with Gasteiger partial charge in [-0.3, -0.25) is 0 Å². The quantitative estimate of drug-likeness (QED) is 0.542. The monoisotopic (exact) mass is 351 g/mol. The van der Waals surface area contributed by atoms with Crippen LogP contribution in [-0.4, -0.2) is 34.8 Å². The Kier molecular flexibility index (Phi) is 3.72. The molecular weight excluding hydrogens is 334 g/mol. The predicted octanol–water partition coefficient (Wildman–Crippen LogP) is 1.38. The van der Waals surface area contributed by atoms with Gasteiger partial charge in [0.1, 0.15) is 0 Å². The maximum atomic E-state index is 12.1. The van der Waals surface area contributed by atoms with Crippen molar-refractivity contribution in [2.45, 2.75) is 6.42 Å². The van der Waals surface area contributed by atoms with Crippen LogP contribution in [0.1, 0.15) is 22.5 Å². The first-order chi connectivity index (χ1) is 12.6. The summed E-state index contributed by atoms with van der Waals surface area (Å²) in [7, 11) is 3.16. The van der Waals surface area contributed by atoms with Gasteiger partial charge in [-0.25, -0.2) is 9.89 Å². The van der Waals surface area contributed by atoms with Gasteiger partial charge in [-0.05, 0) is 29.8 Å². The maximum Gasteiger partial charge on any atom is 0.364 e. The Morgan fingerprint density at radius 1 is 1.15 bits per heavy atom. The van der Waals surface area contributed by atoms with Crippen molar-refractivity contribution in [3.8, 4) is 11.5 Å². The lowest BCUT2D eigenvalue weighted by atomic mass is 9.95. The summed E-state index contributed by atoms with van der Waals surface area (Å²) in [4.78, 5) is 12.1. The van der Waals surface area contributed by atoms with Crippen LogP contribution in [0.3, 0.4) is 0 Å². The lowest BCUT2D eigenvalue weighted by Crippen LogP contribution is -2.16. The molecule has 8 heteroatoms. The summed E-state index contributed by atoms with van der Waals surface area (Å²) in [6.45, 7) is 0. The molecule has 0 radical (unpaired) electrons. The fraction of sp³-hybridized carbons (Fsp3) is 0.167. The average Bonchev–Trinajstić information content (AvgIpc) is 2.90. The van der Waals surface area contributed by atoms with Crippen molar-refractivity contribution in [2.75, 3.05) is 20.0 Å². The van der Waals surface area contributed by atoms with Crippen molar-refractivity contribution >= 4 is 11.4 Å². The van der Waals surface area contributed by atoms with E-state index in [4.69, 9.17) is 15.2 Å². The smallest absolute Gasteiger partial charge is 0.364 e. The van der Waals surface area contributed by atoms with Gasteiger partial charge in [0.05, 0.1) is 19.9 Å². The lowest BCUT2D eigenvalue weighted by molar-refractivity contribution is 0.354. The van der Waals surface area contributed by atoms with E-state index in [0.29, 0.717) is 35.1 Å². The van der Waals surface area contributed by atoms with Gasteiger partial charge >= 0.3 is 5.69 Å². The summed E-state index contributed by atoms with van der Waals surface area (Å²) in [5, 5.41) is 11.1. The van der Waals surface area contributed by atoms with E-state index in [1.54, 1.807) is 20.3 Å². The zero-order valence-electron chi connectivity index (χ0n) is 14.3. The van der Waals surface area contributed by atoms with E-state index in [1.165, 1.54) is 4.68 Å². The fourth-order valence-corrected chi connectivity index (χ4v) is 3.05. The van der Waals surface area contributed by atoms with Crippen molar-refractivity contribution < 1.29 is 9.47 Å². The zero-order chi connectivity index (χ0) is 18.3. The van der Waals surface area contributed by atoms with Gasteiger partial charge in [-0.1, -0.05) is 12.1 Å². The molecule has 2 aromatic carbocycles. The number of rotatable bonds is 3.